The quantitative estimate of drug-likeness (QED) is 0.218. The Bertz CT molecular complexity index is 1230. The molecule has 2 heteroatoms. The van der Waals surface area contributed by atoms with E-state index in [0.29, 0.717) is 0 Å². The molecular formula is C26H16Br2. The summed E-state index contributed by atoms with van der Waals surface area (Å²) in [5, 5.41) is 5.12. The lowest BCUT2D eigenvalue weighted by molar-refractivity contribution is 1.61. The molecule has 0 aliphatic heterocycles. The minimum atomic E-state index is 1.10. The Balaban J connectivity index is 1.80. The third-order valence-corrected chi connectivity index (χ3v) is 6.18. The summed E-state index contributed by atoms with van der Waals surface area (Å²) < 4.78 is 2.19. The van der Waals surface area contributed by atoms with E-state index < -0.39 is 0 Å². The van der Waals surface area contributed by atoms with Crippen molar-refractivity contribution in [2.45, 2.75) is 0 Å². The second-order valence-electron chi connectivity index (χ2n) is 6.89. The Morgan fingerprint density at radius 3 is 1.25 bits per heavy atom. The Morgan fingerprint density at radius 2 is 0.821 bits per heavy atom. The molecule has 0 heterocycles. The van der Waals surface area contributed by atoms with Crippen molar-refractivity contribution in [1.82, 2.24) is 0 Å². The fourth-order valence-electron chi connectivity index (χ4n) is 3.94. The second kappa shape index (κ2) is 7.20. The third-order valence-electron chi connectivity index (χ3n) is 5.19. The van der Waals surface area contributed by atoms with Crippen LogP contribution in [0.1, 0.15) is 0 Å². The highest BCUT2D eigenvalue weighted by Gasteiger charge is 2.10. The summed E-state index contributed by atoms with van der Waals surface area (Å²) in [5.74, 6) is 0. The van der Waals surface area contributed by atoms with E-state index in [2.05, 4.69) is 129 Å². The van der Waals surface area contributed by atoms with Crippen LogP contribution in [0.15, 0.2) is 106 Å². The molecule has 0 unspecified atom stereocenters. The van der Waals surface area contributed by atoms with E-state index in [1.807, 2.05) is 0 Å². The highest BCUT2D eigenvalue weighted by molar-refractivity contribution is 9.10. The van der Waals surface area contributed by atoms with Gasteiger partial charge < -0.3 is 0 Å². The van der Waals surface area contributed by atoms with Crippen LogP contribution in [-0.2, 0) is 0 Å². The minimum Gasteiger partial charge on any atom is -0.0610 e. The number of rotatable bonds is 2. The normalized spacial score (nSPS) is 11.2. The van der Waals surface area contributed by atoms with Gasteiger partial charge >= 0.3 is 0 Å². The Labute approximate surface area is 181 Å². The number of hydrogen-bond acceptors (Lipinski definition) is 0. The molecule has 134 valence electrons. The summed E-state index contributed by atoms with van der Waals surface area (Å²) in [6.45, 7) is 0. The molecule has 0 atom stereocenters. The largest absolute Gasteiger partial charge is 0.0610 e. The standard InChI is InChI=1S/C26H16Br2/c27-19-7-1-5-17(15-19)21-9-3-11-23-24-12-4-10-22(26(24)14-13-25(21)23)18-6-2-8-20(28)16-18/h1-16H. The van der Waals surface area contributed by atoms with E-state index in [-0.39, 0.29) is 0 Å². The van der Waals surface area contributed by atoms with Gasteiger partial charge in [-0.25, -0.2) is 0 Å². The fourth-order valence-corrected chi connectivity index (χ4v) is 4.74. The SMILES string of the molecule is Brc1cccc(-c2cccc3c2ccc2c(-c4cccc(Br)c4)cccc23)c1. The van der Waals surface area contributed by atoms with Gasteiger partial charge in [0.2, 0.25) is 0 Å². The molecular weight excluding hydrogens is 472 g/mol. The van der Waals surface area contributed by atoms with Crippen molar-refractivity contribution in [3.63, 3.8) is 0 Å². The van der Waals surface area contributed by atoms with Gasteiger partial charge in [0.15, 0.2) is 0 Å². The monoisotopic (exact) mass is 486 g/mol. The molecule has 0 nitrogen and oxygen atoms in total. The summed E-state index contributed by atoms with van der Waals surface area (Å²) in [4.78, 5) is 0. The van der Waals surface area contributed by atoms with Crippen LogP contribution in [0.3, 0.4) is 0 Å². The zero-order valence-corrected chi connectivity index (χ0v) is 18.2. The third kappa shape index (κ3) is 3.07. The molecule has 0 aromatic heterocycles. The zero-order valence-electron chi connectivity index (χ0n) is 15.0. The molecule has 0 saturated heterocycles. The maximum atomic E-state index is 3.60. The topological polar surface area (TPSA) is 0 Å². The van der Waals surface area contributed by atoms with Crippen LogP contribution in [0.25, 0.3) is 43.8 Å². The van der Waals surface area contributed by atoms with E-state index >= 15 is 0 Å². The van der Waals surface area contributed by atoms with Crippen molar-refractivity contribution in [2.75, 3.05) is 0 Å². The summed E-state index contributed by atoms with van der Waals surface area (Å²) >= 11 is 7.20. The lowest BCUT2D eigenvalue weighted by Crippen LogP contribution is -1.86. The number of fused-ring (bicyclic) bond motifs is 3. The van der Waals surface area contributed by atoms with Gasteiger partial charge in [-0.1, -0.05) is 105 Å². The number of benzene rings is 5. The van der Waals surface area contributed by atoms with Crippen LogP contribution < -0.4 is 0 Å². The first-order chi connectivity index (χ1) is 13.7. The van der Waals surface area contributed by atoms with Crippen LogP contribution in [-0.4, -0.2) is 0 Å². The smallest absolute Gasteiger partial charge is 0.0181 e. The molecule has 0 aliphatic rings. The van der Waals surface area contributed by atoms with E-state index in [4.69, 9.17) is 0 Å². The lowest BCUT2D eigenvalue weighted by atomic mass is 9.91. The average Bonchev–Trinajstić information content (AvgIpc) is 2.72. The Morgan fingerprint density at radius 1 is 0.393 bits per heavy atom. The Kier molecular flexibility index (Phi) is 4.54. The van der Waals surface area contributed by atoms with E-state index in [1.165, 1.54) is 43.8 Å². The Hall–Kier alpha value is -2.42. The average molecular weight is 488 g/mol. The van der Waals surface area contributed by atoms with Crippen molar-refractivity contribution >= 4 is 53.4 Å². The van der Waals surface area contributed by atoms with Crippen molar-refractivity contribution in [3.05, 3.63) is 106 Å². The molecule has 0 aliphatic carbocycles. The molecule has 5 aromatic rings. The first-order valence-electron chi connectivity index (χ1n) is 9.17. The van der Waals surface area contributed by atoms with Crippen LogP contribution in [0.4, 0.5) is 0 Å². The minimum absolute atomic E-state index is 1.10. The molecule has 0 fully saturated rings. The molecule has 0 N–H and O–H groups in total. The van der Waals surface area contributed by atoms with Gasteiger partial charge in [0, 0.05) is 8.95 Å². The molecule has 5 aromatic carbocycles. The molecule has 0 bridgehead atoms. The van der Waals surface area contributed by atoms with Gasteiger partial charge in [-0.05, 0) is 68.1 Å². The predicted molar refractivity (Wildman–Crippen MR) is 128 cm³/mol. The van der Waals surface area contributed by atoms with Gasteiger partial charge in [-0.2, -0.15) is 0 Å². The molecule has 0 radical (unpaired) electrons. The lowest BCUT2D eigenvalue weighted by Gasteiger charge is -2.13. The maximum absolute atomic E-state index is 3.60. The highest BCUT2D eigenvalue weighted by Crippen LogP contribution is 2.37. The number of halogens is 2. The van der Waals surface area contributed by atoms with Gasteiger partial charge in [-0.15, -0.1) is 0 Å². The van der Waals surface area contributed by atoms with Crippen LogP contribution >= 0.6 is 31.9 Å². The first kappa shape index (κ1) is 17.7. The molecule has 0 spiro atoms. The molecule has 0 saturated carbocycles. The van der Waals surface area contributed by atoms with Crippen molar-refractivity contribution in [3.8, 4) is 22.3 Å². The van der Waals surface area contributed by atoms with Gasteiger partial charge in [0.25, 0.3) is 0 Å². The zero-order chi connectivity index (χ0) is 19.1. The summed E-state index contributed by atoms with van der Waals surface area (Å²) in [7, 11) is 0. The molecule has 28 heavy (non-hydrogen) atoms. The van der Waals surface area contributed by atoms with Gasteiger partial charge in [0.05, 0.1) is 0 Å². The predicted octanol–water partition coefficient (Wildman–Crippen LogP) is 8.85. The van der Waals surface area contributed by atoms with Gasteiger partial charge in [-0.3, -0.25) is 0 Å². The summed E-state index contributed by atoms with van der Waals surface area (Å²) in [6.07, 6.45) is 0. The van der Waals surface area contributed by atoms with Crippen molar-refractivity contribution in [1.29, 1.82) is 0 Å². The molecule has 5 rings (SSSR count). The van der Waals surface area contributed by atoms with Crippen LogP contribution in [0.2, 0.25) is 0 Å². The first-order valence-corrected chi connectivity index (χ1v) is 10.8. The maximum Gasteiger partial charge on any atom is 0.0181 e. The van der Waals surface area contributed by atoms with Crippen LogP contribution in [0.5, 0.6) is 0 Å². The number of hydrogen-bond donors (Lipinski definition) is 0. The molecule has 0 amide bonds. The summed E-state index contributed by atoms with van der Waals surface area (Å²) in [5.41, 5.74) is 4.96. The van der Waals surface area contributed by atoms with Crippen molar-refractivity contribution in [2.24, 2.45) is 0 Å². The second-order valence-corrected chi connectivity index (χ2v) is 8.72. The van der Waals surface area contributed by atoms with E-state index in [1.54, 1.807) is 0 Å². The van der Waals surface area contributed by atoms with Gasteiger partial charge in [0.1, 0.15) is 0 Å². The summed E-state index contributed by atoms with van der Waals surface area (Å²) in [6, 6.07) is 34.7. The van der Waals surface area contributed by atoms with Crippen LogP contribution in [0, 0.1) is 0 Å². The van der Waals surface area contributed by atoms with Crippen molar-refractivity contribution < 1.29 is 0 Å². The van der Waals surface area contributed by atoms with E-state index in [9.17, 15) is 0 Å². The van der Waals surface area contributed by atoms with E-state index in [0.717, 1.165) is 8.95 Å². The fraction of sp³-hybridized carbons (Fsp3) is 0. The highest BCUT2D eigenvalue weighted by atomic mass is 79.9.